The predicted molar refractivity (Wildman–Crippen MR) is 72.6 cm³/mol. The van der Waals surface area contributed by atoms with Gasteiger partial charge in [0.15, 0.2) is 0 Å². The highest BCUT2D eigenvalue weighted by Crippen LogP contribution is 2.29. The van der Waals surface area contributed by atoms with Crippen molar-refractivity contribution in [3.8, 4) is 5.88 Å². The van der Waals surface area contributed by atoms with Gasteiger partial charge in [0.25, 0.3) is 0 Å². The molecule has 1 aromatic carbocycles. The van der Waals surface area contributed by atoms with Crippen LogP contribution in [-0.2, 0) is 0 Å². The van der Waals surface area contributed by atoms with Crippen molar-refractivity contribution in [2.75, 3.05) is 12.4 Å². The molecule has 1 atom stereocenters. The fourth-order valence-electron chi connectivity index (χ4n) is 1.62. The minimum atomic E-state index is -0.0718. The molecular formula is C13H14ClN3O. The highest BCUT2D eigenvalue weighted by atomic mass is 35.5. The van der Waals surface area contributed by atoms with Gasteiger partial charge in [-0.15, -0.1) is 11.6 Å². The topological polar surface area (TPSA) is 47.0 Å². The number of nitrogens with one attached hydrogen (secondary N) is 1. The Morgan fingerprint density at radius 1 is 1.28 bits per heavy atom. The lowest BCUT2D eigenvalue weighted by atomic mass is 10.1. The molecule has 0 fully saturated rings. The summed E-state index contributed by atoms with van der Waals surface area (Å²) in [7, 11) is 1.57. The van der Waals surface area contributed by atoms with Gasteiger partial charge in [-0.2, -0.15) is 0 Å². The third-order valence-corrected chi connectivity index (χ3v) is 2.74. The molecule has 0 saturated heterocycles. The summed E-state index contributed by atoms with van der Waals surface area (Å²) in [6.45, 7) is 1.93. The van der Waals surface area contributed by atoms with Crippen LogP contribution >= 0.6 is 11.6 Å². The smallest absolute Gasteiger partial charge is 0.218 e. The molecule has 1 heterocycles. The van der Waals surface area contributed by atoms with Gasteiger partial charge >= 0.3 is 0 Å². The molecule has 2 rings (SSSR count). The van der Waals surface area contributed by atoms with Gasteiger partial charge in [-0.1, -0.05) is 18.2 Å². The van der Waals surface area contributed by atoms with E-state index in [0.717, 1.165) is 11.3 Å². The standard InChI is InChI=1S/C13H14ClN3O/c1-9(14)10-5-3-4-6-11(10)17-12-7-13(18-2)16-8-15-12/h3-9H,1-2H3,(H,15,16,17). The third kappa shape index (κ3) is 2.90. The second-order valence-electron chi connectivity index (χ2n) is 3.77. The first-order valence-electron chi connectivity index (χ1n) is 5.56. The van der Waals surface area contributed by atoms with Gasteiger partial charge in [0, 0.05) is 11.8 Å². The molecule has 18 heavy (non-hydrogen) atoms. The minimum Gasteiger partial charge on any atom is -0.481 e. The Kier molecular flexibility index (Phi) is 3.99. The van der Waals surface area contributed by atoms with Gasteiger partial charge in [0.1, 0.15) is 12.1 Å². The number of benzene rings is 1. The maximum atomic E-state index is 6.14. The molecule has 0 radical (unpaired) electrons. The molecule has 0 aliphatic rings. The van der Waals surface area contributed by atoms with E-state index in [2.05, 4.69) is 15.3 Å². The van der Waals surface area contributed by atoms with Crippen LogP contribution in [0.1, 0.15) is 17.9 Å². The molecule has 1 unspecified atom stereocenters. The second-order valence-corrected chi connectivity index (χ2v) is 4.43. The zero-order chi connectivity index (χ0) is 13.0. The first-order valence-corrected chi connectivity index (χ1v) is 6.00. The van der Waals surface area contributed by atoms with Crippen molar-refractivity contribution < 1.29 is 4.74 Å². The van der Waals surface area contributed by atoms with Gasteiger partial charge < -0.3 is 10.1 Å². The number of rotatable bonds is 4. The lowest BCUT2D eigenvalue weighted by Gasteiger charge is -2.12. The van der Waals surface area contributed by atoms with Crippen LogP contribution in [0.5, 0.6) is 5.88 Å². The summed E-state index contributed by atoms with van der Waals surface area (Å²) in [5, 5.41) is 3.14. The van der Waals surface area contributed by atoms with E-state index in [-0.39, 0.29) is 5.38 Å². The molecule has 0 saturated carbocycles. The van der Waals surface area contributed by atoms with E-state index >= 15 is 0 Å². The number of aromatic nitrogens is 2. The number of ether oxygens (including phenoxy) is 1. The number of hydrogen-bond acceptors (Lipinski definition) is 4. The lowest BCUT2D eigenvalue weighted by molar-refractivity contribution is 0.397. The molecule has 4 nitrogen and oxygen atoms in total. The monoisotopic (exact) mass is 263 g/mol. The molecule has 2 aromatic rings. The predicted octanol–water partition coefficient (Wildman–Crippen LogP) is 3.53. The van der Waals surface area contributed by atoms with Crippen LogP contribution in [0.2, 0.25) is 0 Å². The van der Waals surface area contributed by atoms with Crippen LogP contribution in [-0.4, -0.2) is 17.1 Å². The average Bonchev–Trinajstić information content (AvgIpc) is 2.39. The second kappa shape index (κ2) is 5.69. The van der Waals surface area contributed by atoms with E-state index in [0.29, 0.717) is 11.7 Å². The van der Waals surface area contributed by atoms with Crippen molar-refractivity contribution in [2.24, 2.45) is 0 Å². The summed E-state index contributed by atoms with van der Waals surface area (Å²) in [6, 6.07) is 9.58. The molecule has 1 aromatic heterocycles. The molecule has 0 bridgehead atoms. The summed E-state index contributed by atoms with van der Waals surface area (Å²) < 4.78 is 5.05. The third-order valence-electron chi connectivity index (χ3n) is 2.50. The molecule has 94 valence electrons. The van der Waals surface area contributed by atoms with Crippen LogP contribution in [0.3, 0.4) is 0 Å². The van der Waals surface area contributed by atoms with Gasteiger partial charge in [0.2, 0.25) is 5.88 Å². The van der Waals surface area contributed by atoms with Crippen LogP contribution in [0.4, 0.5) is 11.5 Å². The van der Waals surface area contributed by atoms with Crippen LogP contribution in [0, 0.1) is 0 Å². The molecule has 0 aliphatic heterocycles. The fraction of sp³-hybridized carbons (Fsp3) is 0.231. The van der Waals surface area contributed by atoms with Crippen molar-refractivity contribution in [1.82, 2.24) is 9.97 Å². The van der Waals surface area contributed by atoms with Crippen molar-refractivity contribution in [1.29, 1.82) is 0 Å². The van der Waals surface area contributed by atoms with Gasteiger partial charge in [-0.25, -0.2) is 9.97 Å². The number of alkyl halides is 1. The lowest BCUT2D eigenvalue weighted by Crippen LogP contribution is -1.99. The highest BCUT2D eigenvalue weighted by molar-refractivity contribution is 6.21. The van der Waals surface area contributed by atoms with Gasteiger partial charge in [-0.05, 0) is 18.6 Å². The molecule has 1 N–H and O–H groups in total. The molecule has 0 spiro atoms. The minimum absolute atomic E-state index is 0.0718. The summed E-state index contributed by atoms with van der Waals surface area (Å²) in [5.74, 6) is 1.19. The fourth-order valence-corrected chi connectivity index (χ4v) is 1.81. The number of para-hydroxylation sites is 1. The van der Waals surface area contributed by atoms with E-state index in [1.165, 1.54) is 6.33 Å². The first-order chi connectivity index (χ1) is 8.70. The average molecular weight is 264 g/mol. The Bertz CT molecular complexity index is 531. The number of anilines is 2. The Hall–Kier alpha value is -1.81. The number of nitrogens with zero attached hydrogens (tertiary/aromatic N) is 2. The first kappa shape index (κ1) is 12.6. The maximum absolute atomic E-state index is 6.14. The van der Waals surface area contributed by atoms with Crippen molar-refractivity contribution in [3.63, 3.8) is 0 Å². The number of methoxy groups -OCH3 is 1. The summed E-state index contributed by atoms with van der Waals surface area (Å²) in [4.78, 5) is 8.10. The van der Waals surface area contributed by atoms with Crippen LogP contribution in [0.25, 0.3) is 0 Å². The van der Waals surface area contributed by atoms with Crippen molar-refractivity contribution in [3.05, 3.63) is 42.2 Å². The maximum Gasteiger partial charge on any atom is 0.218 e. The van der Waals surface area contributed by atoms with Crippen LogP contribution < -0.4 is 10.1 Å². The van der Waals surface area contributed by atoms with Crippen molar-refractivity contribution >= 4 is 23.1 Å². The van der Waals surface area contributed by atoms with E-state index in [9.17, 15) is 0 Å². The quantitative estimate of drug-likeness (QED) is 0.858. The Morgan fingerprint density at radius 2 is 2.06 bits per heavy atom. The van der Waals surface area contributed by atoms with Gasteiger partial charge in [-0.3, -0.25) is 0 Å². The molecule has 0 aliphatic carbocycles. The Labute approximate surface area is 111 Å². The molecular weight excluding hydrogens is 250 g/mol. The van der Waals surface area contributed by atoms with Crippen molar-refractivity contribution in [2.45, 2.75) is 12.3 Å². The summed E-state index contributed by atoms with van der Waals surface area (Å²) in [5.41, 5.74) is 1.96. The normalized spacial score (nSPS) is 11.9. The zero-order valence-corrected chi connectivity index (χ0v) is 11.0. The van der Waals surface area contributed by atoms with E-state index in [1.807, 2.05) is 31.2 Å². The Balaban J connectivity index is 2.28. The van der Waals surface area contributed by atoms with Crippen LogP contribution in [0.15, 0.2) is 36.7 Å². The number of hydrogen-bond donors (Lipinski definition) is 1. The SMILES string of the molecule is COc1cc(Nc2ccccc2C(C)Cl)ncn1. The zero-order valence-electron chi connectivity index (χ0n) is 10.2. The van der Waals surface area contributed by atoms with E-state index < -0.39 is 0 Å². The highest BCUT2D eigenvalue weighted by Gasteiger charge is 2.08. The molecule has 5 heteroatoms. The largest absolute Gasteiger partial charge is 0.481 e. The number of halogens is 1. The van der Waals surface area contributed by atoms with Gasteiger partial charge in [0.05, 0.1) is 12.5 Å². The Morgan fingerprint density at radius 3 is 2.78 bits per heavy atom. The molecule has 0 amide bonds. The summed E-state index contributed by atoms with van der Waals surface area (Å²) in [6.07, 6.45) is 1.45. The summed E-state index contributed by atoms with van der Waals surface area (Å²) >= 11 is 6.14. The van der Waals surface area contributed by atoms with E-state index in [1.54, 1.807) is 13.2 Å². The van der Waals surface area contributed by atoms with E-state index in [4.69, 9.17) is 16.3 Å².